The molecule has 0 heterocycles. The number of rotatable bonds is 6. The number of aliphatic hydroxyl groups excluding tert-OH is 2. The van der Waals surface area contributed by atoms with Crippen molar-refractivity contribution in [3.63, 3.8) is 0 Å². The van der Waals surface area contributed by atoms with Crippen LogP contribution in [0.2, 0.25) is 38.3 Å². The maximum atomic E-state index is 8.83. The van der Waals surface area contributed by atoms with E-state index in [4.69, 9.17) is 10.2 Å². The molecular formula is C20H34Cl2O2Si2Zr-2. The Kier molecular flexibility index (Phi) is 20.9. The molecule has 0 atom stereocenters. The van der Waals surface area contributed by atoms with E-state index >= 15 is 0 Å². The molecule has 2 N–H and O–H groups in total. The molecule has 0 spiro atoms. The zero-order chi connectivity index (χ0) is 19.3. The monoisotopic (exact) mass is 522 g/mol. The van der Waals surface area contributed by atoms with E-state index in [0.29, 0.717) is 13.2 Å². The standard InChI is InChI=1S/2C9H15OSi.C2H4.2ClH.Zr/c2*1-11(2,8-7-10)9-5-3-4-6-9;1-2;;;/h2*3,5,10H,4,7-8H2,1-2H3;1H,2H3;2*1H;/q2*-1;;;;+2/p-2. The Morgan fingerprint density at radius 3 is 1.37 bits per heavy atom. The summed E-state index contributed by atoms with van der Waals surface area (Å²) < 4.78 is 2.09. The van der Waals surface area contributed by atoms with Crippen LogP contribution >= 0.6 is 0 Å². The molecule has 0 fully saturated rings. The topological polar surface area (TPSA) is 40.5 Å². The Morgan fingerprint density at radius 1 is 0.889 bits per heavy atom. The predicted octanol–water partition coefficient (Wildman–Crippen LogP) is -1.81. The summed E-state index contributed by atoms with van der Waals surface area (Å²) in [7, 11) is -2.60. The van der Waals surface area contributed by atoms with Crippen molar-refractivity contribution in [1.82, 2.24) is 0 Å². The molecule has 7 heteroatoms. The van der Waals surface area contributed by atoms with Gasteiger partial charge in [0.2, 0.25) is 0 Å². The van der Waals surface area contributed by atoms with Gasteiger partial charge in [0.15, 0.2) is 0 Å². The fourth-order valence-corrected chi connectivity index (χ4v) is 6.52. The van der Waals surface area contributed by atoms with Crippen LogP contribution < -0.4 is 24.8 Å². The van der Waals surface area contributed by atoms with Gasteiger partial charge in [-0.3, -0.25) is 12.2 Å². The molecule has 0 aliphatic heterocycles. The average Bonchev–Trinajstić information content (AvgIpc) is 3.23. The summed E-state index contributed by atoms with van der Waals surface area (Å²) >= 11 is 1.51. The van der Waals surface area contributed by atoms with Crippen LogP contribution in [0.1, 0.15) is 19.8 Å². The first-order valence-electron chi connectivity index (χ1n) is 8.97. The van der Waals surface area contributed by atoms with Gasteiger partial charge in [-0.25, -0.2) is 22.5 Å². The minimum absolute atomic E-state index is 0. The van der Waals surface area contributed by atoms with Crippen LogP contribution in [-0.2, 0) is 24.2 Å². The summed E-state index contributed by atoms with van der Waals surface area (Å²) in [4.78, 5) is 0. The van der Waals surface area contributed by atoms with Gasteiger partial charge in [-0.05, 0) is 12.1 Å². The Morgan fingerprint density at radius 2 is 1.19 bits per heavy atom. The van der Waals surface area contributed by atoms with Crippen LogP contribution in [0.3, 0.4) is 0 Å². The first-order valence-corrected chi connectivity index (χ1v) is 16.8. The molecule has 0 saturated heterocycles. The van der Waals surface area contributed by atoms with Crippen molar-refractivity contribution in [3.05, 3.63) is 46.8 Å². The first-order chi connectivity index (χ1) is 11.7. The summed E-state index contributed by atoms with van der Waals surface area (Å²) in [5.74, 6) is 0. The van der Waals surface area contributed by atoms with Crippen molar-refractivity contribution < 1.29 is 59.3 Å². The van der Waals surface area contributed by atoms with Crippen LogP contribution in [0.15, 0.2) is 34.7 Å². The summed E-state index contributed by atoms with van der Waals surface area (Å²) in [5, 5.41) is 20.4. The Labute approximate surface area is 196 Å². The van der Waals surface area contributed by atoms with E-state index in [1.807, 2.05) is 6.92 Å². The molecule has 2 aliphatic rings. The zero-order valence-corrected chi connectivity index (χ0v) is 23.2. The summed E-state index contributed by atoms with van der Waals surface area (Å²) in [6, 6.07) is 1.92. The van der Waals surface area contributed by atoms with E-state index in [9.17, 15) is 0 Å². The van der Waals surface area contributed by atoms with E-state index in [0.717, 1.165) is 24.9 Å². The molecule has 0 aromatic rings. The van der Waals surface area contributed by atoms with Crippen molar-refractivity contribution in [3.8, 4) is 0 Å². The molecule has 2 nitrogen and oxygen atoms in total. The Hall–Kier alpha value is 0.647. The molecule has 154 valence electrons. The van der Waals surface area contributed by atoms with Crippen molar-refractivity contribution >= 4 is 19.9 Å². The van der Waals surface area contributed by atoms with Gasteiger partial charge >= 0.3 is 34.9 Å². The van der Waals surface area contributed by atoms with Crippen molar-refractivity contribution in [1.29, 1.82) is 0 Å². The van der Waals surface area contributed by atoms with Crippen LogP contribution in [-0.4, -0.2) is 43.3 Å². The van der Waals surface area contributed by atoms with Gasteiger partial charge < -0.3 is 35.0 Å². The van der Waals surface area contributed by atoms with Gasteiger partial charge in [-0.2, -0.15) is 12.2 Å². The van der Waals surface area contributed by atoms with E-state index in [-0.39, 0.29) is 24.8 Å². The van der Waals surface area contributed by atoms with E-state index in [2.05, 4.69) is 66.4 Å². The number of hydrogen-bond acceptors (Lipinski definition) is 2. The molecule has 0 unspecified atom stereocenters. The molecule has 0 aromatic heterocycles. The minimum Gasteiger partial charge on any atom is -1.00 e. The molecule has 2 rings (SSSR count). The molecule has 0 saturated carbocycles. The van der Waals surface area contributed by atoms with Crippen LogP contribution in [0.4, 0.5) is 0 Å². The Balaban J connectivity index is -0.000000350. The molecule has 0 radical (unpaired) electrons. The van der Waals surface area contributed by atoms with Crippen LogP contribution in [0, 0.1) is 12.2 Å². The minimum atomic E-state index is -1.30. The third kappa shape index (κ3) is 13.5. The zero-order valence-electron chi connectivity index (χ0n) is 17.3. The van der Waals surface area contributed by atoms with Crippen molar-refractivity contribution in [2.75, 3.05) is 13.2 Å². The molecule has 0 amide bonds. The van der Waals surface area contributed by atoms with E-state index < -0.39 is 16.1 Å². The van der Waals surface area contributed by atoms with Crippen molar-refractivity contribution in [2.24, 2.45) is 0 Å². The molecule has 0 aromatic carbocycles. The summed E-state index contributed by atoms with van der Waals surface area (Å²) in [6.45, 7) is 11.8. The number of halogens is 2. The third-order valence-electron chi connectivity index (χ3n) is 4.32. The maximum Gasteiger partial charge on any atom is 0.0448 e. The van der Waals surface area contributed by atoms with E-state index in [1.165, 1.54) is 34.6 Å². The molecular weight excluding hydrogens is 491 g/mol. The second kappa shape index (κ2) is 17.5. The SMILES string of the molecule is C[CH]=[Zr+2].C[Si](C)(CCO)C1=[C-]CC=C1.C[Si](C)(CCO)C1=[C-]CC=C1.[Cl-].[Cl-]. The predicted molar refractivity (Wildman–Crippen MR) is 112 cm³/mol. The largest absolute Gasteiger partial charge is 1.00 e. The average molecular weight is 525 g/mol. The van der Waals surface area contributed by atoms with Crippen molar-refractivity contribution in [2.45, 2.75) is 58.0 Å². The fraction of sp³-hybridized carbons (Fsp3) is 0.550. The smallest absolute Gasteiger partial charge is 0.0448 e. The van der Waals surface area contributed by atoms with Gasteiger partial charge in [0.05, 0.1) is 0 Å². The maximum absolute atomic E-state index is 8.83. The molecule has 0 bridgehead atoms. The molecule has 27 heavy (non-hydrogen) atoms. The van der Waals surface area contributed by atoms with Crippen LogP contribution in [0.25, 0.3) is 0 Å². The second-order valence-electron chi connectivity index (χ2n) is 7.40. The summed E-state index contributed by atoms with van der Waals surface area (Å²) in [5.41, 5.74) is 0. The quantitative estimate of drug-likeness (QED) is 0.318. The Bertz CT molecular complexity index is 484. The van der Waals surface area contributed by atoms with E-state index in [1.54, 1.807) is 0 Å². The third-order valence-corrected chi connectivity index (χ3v) is 10.9. The van der Waals surface area contributed by atoms with Gasteiger partial charge in [-0.1, -0.05) is 26.2 Å². The van der Waals surface area contributed by atoms with Crippen LogP contribution in [0.5, 0.6) is 0 Å². The summed E-state index contributed by atoms with van der Waals surface area (Å²) in [6.07, 6.45) is 17.2. The number of allylic oxidation sites excluding steroid dienone is 8. The fourth-order valence-electron chi connectivity index (χ4n) is 2.57. The first kappa shape index (κ1) is 32.3. The second-order valence-corrected chi connectivity index (χ2v) is 18.4. The van der Waals surface area contributed by atoms with Gasteiger partial charge in [0.1, 0.15) is 0 Å². The van der Waals surface area contributed by atoms with Gasteiger partial charge in [0, 0.05) is 29.4 Å². The molecule has 2 aliphatic carbocycles. The van der Waals surface area contributed by atoms with Gasteiger partial charge in [0.25, 0.3) is 0 Å². The number of aliphatic hydroxyl groups is 2. The number of hydrogen-bond donors (Lipinski definition) is 2. The normalized spacial score (nSPS) is 14.6. The van der Waals surface area contributed by atoms with Gasteiger partial charge in [-0.15, -0.1) is 12.8 Å².